The minimum absolute atomic E-state index is 0.0269. The Morgan fingerprint density at radius 1 is 1.53 bits per heavy atom. The lowest BCUT2D eigenvalue weighted by molar-refractivity contribution is 0.0696. The van der Waals surface area contributed by atoms with Crippen molar-refractivity contribution in [3.63, 3.8) is 0 Å². The summed E-state index contributed by atoms with van der Waals surface area (Å²) in [4.78, 5) is 10.7. The fraction of sp³-hybridized carbons (Fsp3) is 0.111. The van der Waals surface area contributed by atoms with E-state index in [1.807, 2.05) is 0 Å². The van der Waals surface area contributed by atoms with Crippen LogP contribution in [0.3, 0.4) is 0 Å². The van der Waals surface area contributed by atoms with Crippen LogP contribution in [0.25, 0.3) is 0 Å². The molecule has 6 heteroatoms. The van der Waals surface area contributed by atoms with E-state index in [2.05, 4.69) is 15.9 Å². The van der Waals surface area contributed by atoms with Crippen molar-refractivity contribution in [3.05, 3.63) is 33.3 Å². The molecule has 15 heavy (non-hydrogen) atoms. The van der Waals surface area contributed by atoms with E-state index in [0.717, 1.165) is 12.1 Å². The third-order valence-electron chi connectivity index (χ3n) is 1.72. The standard InChI is InChI=1S/C9H4BrF2NO2/c10-7-1-4(3-13)5(9(14)15)2-6(7)8(11)12/h1-2,8H,(H,14,15). The van der Waals surface area contributed by atoms with Gasteiger partial charge in [-0.3, -0.25) is 0 Å². The first-order chi connectivity index (χ1) is 6.97. The number of alkyl halides is 2. The number of nitrogens with zero attached hydrogens (tertiary/aromatic N) is 1. The first-order valence-electron chi connectivity index (χ1n) is 3.72. The lowest BCUT2D eigenvalue weighted by Gasteiger charge is -2.06. The van der Waals surface area contributed by atoms with Crippen LogP contribution < -0.4 is 0 Å². The second-order valence-corrected chi connectivity index (χ2v) is 3.49. The number of carboxylic acids is 1. The topological polar surface area (TPSA) is 61.1 Å². The predicted molar refractivity (Wildman–Crippen MR) is 50.8 cm³/mol. The van der Waals surface area contributed by atoms with E-state index in [0.29, 0.717) is 0 Å². The van der Waals surface area contributed by atoms with Crippen molar-refractivity contribution >= 4 is 21.9 Å². The summed E-state index contributed by atoms with van der Waals surface area (Å²) < 4.78 is 24.8. The minimum Gasteiger partial charge on any atom is -0.478 e. The Kier molecular flexibility index (Phi) is 3.37. The number of carbonyl (C=O) groups is 1. The molecule has 0 saturated heterocycles. The average molecular weight is 276 g/mol. The highest BCUT2D eigenvalue weighted by Crippen LogP contribution is 2.30. The maximum Gasteiger partial charge on any atom is 0.337 e. The average Bonchev–Trinajstić information content (AvgIpc) is 2.16. The molecule has 0 heterocycles. The lowest BCUT2D eigenvalue weighted by Crippen LogP contribution is -2.02. The smallest absolute Gasteiger partial charge is 0.337 e. The quantitative estimate of drug-likeness (QED) is 0.903. The highest BCUT2D eigenvalue weighted by molar-refractivity contribution is 9.10. The third kappa shape index (κ3) is 2.30. The SMILES string of the molecule is N#Cc1cc(Br)c(C(F)F)cc1C(=O)O. The highest BCUT2D eigenvalue weighted by Gasteiger charge is 2.18. The van der Waals surface area contributed by atoms with Crippen LogP contribution in [0.1, 0.15) is 27.9 Å². The number of aromatic carboxylic acids is 1. The molecule has 78 valence electrons. The Hall–Kier alpha value is -1.48. The van der Waals surface area contributed by atoms with Gasteiger partial charge < -0.3 is 5.11 Å². The molecule has 0 aromatic heterocycles. The van der Waals surface area contributed by atoms with Gasteiger partial charge in [0.05, 0.1) is 11.1 Å². The molecule has 0 bridgehead atoms. The number of halogens is 3. The Bertz CT molecular complexity index is 454. The van der Waals surface area contributed by atoms with Crippen molar-refractivity contribution in [1.82, 2.24) is 0 Å². The summed E-state index contributed by atoms with van der Waals surface area (Å²) in [6.07, 6.45) is -2.79. The van der Waals surface area contributed by atoms with Gasteiger partial charge in [0.15, 0.2) is 0 Å². The molecule has 0 fully saturated rings. The van der Waals surface area contributed by atoms with Gasteiger partial charge in [-0.05, 0) is 12.1 Å². The summed E-state index contributed by atoms with van der Waals surface area (Å²) in [5.74, 6) is -1.40. The summed E-state index contributed by atoms with van der Waals surface area (Å²) in [5.41, 5.74) is -1.01. The number of benzene rings is 1. The molecular formula is C9H4BrF2NO2. The number of carboxylic acid groups (broad SMARTS) is 1. The number of hydrogen-bond donors (Lipinski definition) is 1. The third-order valence-corrected chi connectivity index (χ3v) is 2.41. The maximum atomic E-state index is 12.4. The summed E-state index contributed by atoms with van der Waals surface area (Å²) in [5, 5.41) is 17.3. The second kappa shape index (κ2) is 4.36. The van der Waals surface area contributed by atoms with Gasteiger partial charge in [-0.1, -0.05) is 15.9 Å². The fourth-order valence-corrected chi connectivity index (χ4v) is 1.54. The number of rotatable bonds is 2. The molecule has 1 aromatic rings. The molecule has 0 aliphatic carbocycles. The van der Waals surface area contributed by atoms with Crippen molar-refractivity contribution in [3.8, 4) is 6.07 Å². The molecule has 0 amide bonds. The van der Waals surface area contributed by atoms with E-state index in [9.17, 15) is 13.6 Å². The molecule has 0 aliphatic heterocycles. The minimum atomic E-state index is -2.79. The number of hydrogen-bond acceptors (Lipinski definition) is 2. The van der Waals surface area contributed by atoms with Gasteiger partial charge in [0.2, 0.25) is 0 Å². The zero-order valence-corrected chi connectivity index (χ0v) is 8.75. The van der Waals surface area contributed by atoms with Gasteiger partial charge in [0, 0.05) is 10.0 Å². The van der Waals surface area contributed by atoms with Gasteiger partial charge in [-0.25, -0.2) is 13.6 Å². The Balaban J connectivity index is 3.45. The number of nitriles is 1. The summed E-state index contributed by atoms with van der Waals surface area (Å²) in [6, 6.07) is 3.50. The van der Waals surface area contributed by atoms with Crippen LogP contribution in [0.5, 0.6) is 0 Å². The van der Waals surface area contributed by atoms with Crippen molar-refractivity contribution in [2.75, 3.05) is 0 Å². The fourth-order valence-electron chi connectivity index (χ4n) is 1.03. The highest BCUT2D eigenvalue weighted by atomic mass is 79.9. The maximum absolute atomic E-state index is 12.4. The molecule has 0 radical (unpaired) electrons. The van der Waals surface area contributed by atoms with Crippen molar-refractivity contribution in [1.29, 1.82) is 5.26 Å². The van der Waals surface area contributed by atoms with Gasteiger partial charge >= 0.3 is 5.97 Å². The van der Waals surface area contributed by atoms with Gasteiger partial charge in [-0.15, -0.1) is 0 Å². The largest absolute Gasteiger partial charge is 0.478 e. The monoisotopic (exact) mass is 275 g/mol. The van der Waals surface area contributed by atoms with Gasteiger partial charge in [-0.2, -0.15) is 5.26 Å². The zero-order valence-electron chi connectivity index (χ0n) is 7.17. The molecule has 1 aromatic carbocycles. The van der Waals surface area contributed by atoms with Crippen molar-refractivity contribution < 1.29 is 18.7 Å². The van der Waals surface area contributed by atoms with Gasteiger partial charge in [0.25, 0.3) is 6.43 Å². The lowest BCUT2D eigenvalue weighted by atomic mass is 10.1. The first kappa shape index (κ1) is 11.6. The van der Waals surface area contributed by atoms with Gasteiger partial charge in [0.1, 0.15) is 6.07 Å². The summed E-state index contributed by atoms with van der Waals surface area (Å²) in [7, 11) is 0. The molecule has 0 saturated carbocycles. The van der Waals surface area contributed by atoms with Crippen molar-refractivity contribution in [2.45, 2.75) is 6.43 Å². The van der Waals surface area contributed by atoms with E-state index in [1.165, 1.54) is 0 Å². The van der Waals surface area contributed by atoms with E-state index < -0.39 is 23.5 Å². The molecule has 1 N–H and O–H groups in total. The normalized spacial score (nSPS) is 10.1. The predicted octanol–water partition coefficient (Wildman–Crippen LogP) is 2.96. The Labute approximate surface area is 92.1 Å². The van der Waals surface area contributed by atoms with E-state index >= 15 is 0 Å². The van der Waals surface area contributed by atoms with Crippen LogP contribution in [-0.2, 0) is 0 Å². The Morgan fingerprint density at radius 3 is 2.53 bits per heavy atom. The molecular weight excluding hydrogens is 272 g/mol. The zero-order chi connectivity index (χ0) is 11.6. The van der Waals surface area contributed by atoms with Crippen molar-refractivity contribution in [2.24, 2.45) is 0 Å². The van der Waals surface area contributed by atoms with E-state index in [1.54, 1.807) is 6.07 Å². The Morgan fingerprint density at radius 2 is 2.13 bits per heavy atom. The molecule has 1 rings (SSSR count). The van der Waals surface area contributed by atoms with Crippen LogP contribution in [0.2, 0.25) is 0 Å². The molecule has 0 unspecified atom stereocenters. The molecule has 0 atom stereocenters. The van der Waals surface area contributed by atoms with Crippen LogP contribution in [-0.4, -0.2) is 11.1 Å². The summed E-state index contributed by atoms with van der Waals surface area (Å²) >= 11 is 2.85. The van der Waals surface area contributed by atoms with Crippen LogP contribution in [0.4, 0.5) is 8.78 Å². The second-order valence-electron chi connectivity index (χ2n) is 2.64. The van der Waals surface area contributed by atoms with E-state index in [4.69, 9.17) is 10.4 Å². The van der Waals surface area contributed by atoms with E-state index in [-0.39, 0.29) is 10.0 Å². The first-order valence-corrected chi connectivity index (χ1v) is 4.51. The van der Waals surface area contributed by atoms with Crippen LogP contribution >= 0.6 is 15.9 Å². The molecule has 0 aliphatic rings. The van der Waals surface area contributed by atoms with Crippen LogP contribution in [0, 0.1) is 11.3 Å². The molecule has 0 spiro atoms. The summed E-state index contributed by atoms with van der Waals surface area (Å²) in [6.45, 7) is 0. The van der Waals surface area contributed by atoms with Crippen LogP contribution in [0.15, 0.2) is 16.6 Å². The molecule has 3 nitrogen and oxygen atoms in total.